The zero-order valence-electron chi connectivity index (χ0n) is 11.8. The third-order valence-corrected chi connectivity index (χ3v) is 3.34. The Kier molecular flexibility index (Phi) is 3.34. The summed E-state index contributed by atoms with van der Waals surface area (Å²) in [5.74, 6) is -1.55. The summed E-state index contributed by atoms with van der Waals surface area (Å²) in [5, 5.41) is 19.3. The molecule has 3 rings (SSSR count). The van der Waals surface area contributed by atoms with Gasteiger partial charge in [-0.05, 0) is 25.1 Å². The van der Waals surface area contributed by atoms with E-state index in [-0.39, 0.29) is 16.9 Å². The summed E-state index contributed by atoms with van der Waals surface area (Å²) in [6, 6.07) is 12.1. The van der Waals surface area contributed by atoms with Crippen LogP contribution in [0.2, 0.25) is 0 Å². The number of carboxylic acids is 1. The van der Waals surface area contributed by atoms with Gasteiger partial charge in [-0.15, -0.1) is 0 Å². The first-order chi connectivity index (χ1) is 10.6. The minimum atomic E-state index is -1.09. The van der Waals surface area contributed by atoms with Gasteiger partial charge >= 0.3 is 5.97 Å². The third-order valence-electron chi connectivity index (χ3n) is 3.34. The number of carboxylic acid groups (broad SMARTS) is 1. The van der Waals surface area contributed by atoms with Gasteiger partial charge in [-0.25, -0.2) is 4.79 Å². The molecule has 1 aromatic heterocycles. The molecule has 22 heavy (non-hydrogen) atoms. The molecule has 0 atom stereocenters. The van der Waals surface area contributed by atoms with Crippen molar-refractivity contribution < 1.29 is 14.7 Å². The molecular weight excluding hydrogens is 282 g/mol. The summed E-state index contributed by atoms with van der Waals surface area (Å²) < 4.78 is 0. The molecule has 3 N–H and O–H groups in total. The number of carbonyl (C=O) groups excluding carboxylic acids is 1. The van der Waals surface area contributed by atoms with Crippen molar-refractivity contribution in [1.82, 2.24) is 10.2 Å². The van der Waals surface area contributed by atoms with E-state index in [1.54, 1.807) is 25.1 Å². The largest absolute Gasteiger partial charge is 0.478 e. The number of anilines is 1. The maximum Gasteiger partial charge on any atom is 0.337 e. The van der Waals surface area contributed by atoms with Crippen LogP contribution in [-0.4, -0.2) is 27.2 Å². The lowest BCUT2D eigenvalue weighted by Gasteiger charge is -2.08. The molecule has 0 saturated heterocycles. The van der Waals surface area contributed by atoms with E-state index < -0.39 is 11.9 Å². The number of aromatic nitrogens is 2. The molecule has 0 saturated carbocycles. The number of hydrogen-bond acceptors (Lipinski definition) is 3. The Bertz CT molecular complexity index is 883. The van der Waals surface area contributed by atoms with Gasteiger partial charge in [-0.1, -0.05) is 29.8 Å². The number of fused-ring (bicyclic) bond motifs is 1. The summed E-state index contributed by atoms with van der Waals surface area (Å²) in [6.07, 6.45) is 0. The molecule has 0 aliphatic rings. The number of para-hydroxylation sites is 1. The summed E-state index contributed by atoms with van der Waals surface area (Å²) in [6.45, 7) is 1.79. The second-order valence-electron chi connectivity index (χ2n) is 4.93. The number of benzene rings is 2. The fraction of sp³-hybridized carbons (Fsp3) is 0.0625. The van der Waals surface area contributed by atoms with Gasteiger partial charge in [0.25, 0.3) is 5.91 Å². The maximum atomic E-state index is 12.4. The molecule has 6 nitrogen and oxygen atoms in total. The molecular formula is C16H13N3O3. The normalized spacial score (nSPS) is 10.6. The van der Waals surface area contributed by atoms with Crippen molar-refractivity contribution in [3.05, 3.63) is 59.3 Å². The van der Waals surface area contributed by atoms with Crippen LogP contribution >= 0.6 is 0 Å². The topological polar surface area (TPSA) is 95.1 Å². The minimum absolute atomic E-state index is 0.0493. The number of carbonyl (C=O) groups is 2. The van der Waals surface area contributed by atoms with Gasteiger partial charge in [0.15, 0.2) is 5.69 Å². The maximum absolute atomic E-state index is 12.4. The van der Waals surface area contributed by atoms with Crippen molar-refractivity contribution >= 4 is 28.5 Å². The number of rotatable bonds is 3. The first-order valence-electron chi connectivity index (χ1n) is 6.64. The molecule has 6 heteroatoms. The highest BCUT2D eigenvalue weighted by atomic mass is 16.4. The van der Waals surface area contributed by atoms with E-state index in [0.717, 1.165) is 11.1 Å². The molecule has 0 aliphatic heterocycles. The van der Waals surface area contributed by atoms with Crippen molar-refractivity contribution in [3.8, 4) is 0 Å². The molecule has 0 fully saturated rings. The zero-order valence-corrected chi connectivity index (χ0v) is 11.8. The molecule has 2 aromatic carbocycles. The van der Waals surface area contributed by atoms with E-state index in [9.17, 15) is 14.7 Å². The molecule has 3 aromatic rings. The van der Waals surface area contributed by atoms with Crippen molar-refractivity contribution in [2.24, 2.45) is 0 Å². The Morgan fingerprint density at radius 2 is 1.95 bits per heavy atom. The van der Waals surface area contributed by atoms with Gasteiger partial charge in [0, 0.05) is 5.39 Å². The average molecular weight is 295 g/mol. The van der Waals surface area contributed by atoms with Gasteiger partial charge in [0.2, 0.25) is 0 Å². The first kappa shape index (κ1) is 13.8. The van der Waals surface area contributed by atoms with Gasteiger partial charge in [0.05, 0.1) is 16.8 Å². The van der Waals surface area contributed by atoms with E-state index in [2.05, 4.69) is 15.5 Å². The highest BCUT2D eigenvalue weighted by molar-refractivity contribution is 6.12. The molecule has 0 bridgehead atoms. The number of aromatic carboxylic acids is 1. The van der Waals surface area contributed by atoms with Crippen LogP contribution in [0, 0.1) is 6.92 Å². The molecule has 0 radical (unpaired) electrons. The smallest absolute Gasteiger partial charge is 0.337 e. The fourth-order valence-electron chi connectivity index (χ4n) is 2.26. The molecule has 110 valence electrons. The van der Waals surface area contributed by atoms with E-state index in [1.165, 1.54) is 6.07 Å². The second kappa shape index (κ2) is 5.33. The summed E-state index contributed by atoms with van der Waals surface area (Å²) in [7, 11) is 0. The third kappa shape index (κ3) is 2.42. The van der Waals surface area contributed by atoms with Crippen molar-refractivity contribution in [2.45, 2.75) is 6.92 Å². The van der Waals surface area contributed by atoms with Crippen LogP contribution in [0.3, 0.4) is 0 Å². The molecule has 0 aliphatic carbocycles. The highest BCUT2D eigenvalue weighted by Crippen LogP contribution is 2.20. The number of H-pyrrole nitrogens is 1. The predicted molar refractivity (Wildman–Crippen MR) is 82.2 cm³/mol. The number of aromatic amines is 1. The minimum Gasteiger partial charge on any atom is -0.478 e. The van der Waals surface area contributed by atoms with Crippen molar-refractivity contribution in [3.63, 3.8) is 0 Å². The number of hydrogen-bond donors (Lipinski definition) is 3. The van der Waals surface area contributed by atoms with E-state index in [1.807, 2.05) is 18.2 Å². The molecule has 1 amide bonds. The first-order valence-corrected chi connectivity index (χ1v) is 6.64. The Hall–Kier alpha value is -3.15. The lowest BCUT2D eigenvalue weighted by atomic mass is 10.1. The van der Waals surface area contributed by atoms with Crippen LogP contribution < -0.4 is 5.32 Å². The number of nitrogens with one attached hydrogen (secondary N) is 2. The van der Waals surface area contributed by atoms with Crippen LogP contribution in [0.15, 0.2) is 42.5 Å². The van der Waals surface area contributed by atoms with Crippen LogP contribution in [0.1, 0.15) is 26.4 Å². The summed E-state index contributed by atoms with van der Waals surface area (Å²) in [4.78, 5) is 23.6. The average Bonchev–Trinajstić information content (AvgIpc) is 2.93. The van der Waals surface area contributed by atoms with Gasteiger partial charge < -0.3 is 10.4 Å². The number of nitrogens with zero attached hydrogens (tertiary/aromatic N) is 1. The van der Waals surface area contributed by atoms with E-state index in [4.69, 9.17) is 0 Å². The predicted octanol–water partition coefficient (Wildman–Crippen LogP) is 2.82. The Morgan fingerprint density at radius 1 is 1.18 bits per heavy atom. The Morgan fingerprint density at radius 3 is 2.73 bits per heavy atom. The monoisotopic (exact) mass is 295 g/mol. The van der Waals surface area contributed by atoms with Gasteiger partial charge in [-0.3, -0.25) is 9.89 Å². The molecule has 0 spiro atoms. The van der Waals surface area contributed by atoms with E-state index >= 15 is 0 Å². The lowest BCUT2D eigenvalue weighted by molar-refractivity contribution is 0.0698. The van der Waals surface area contributed by atoms with E-state index in [0.29, 0.717) is 5.39 Å². The van der Waals surface area contributed by atoms with Gasteiger partial charge in [-0.2, -0.15) is 5.10 Å². The van der Waals surface area contributed by atoms with Gasteiger partial charge in [0.1, 0.15) is 0 Å². The SMILES string of the molecule is Cc1ccc(NC(=O)c2n[nH]c3ccccc23)c(C(=O)O)c1. The van der Waals surface area contributed by atoms with Crippen LogP contribution in [0.5, 0.6) is 0 Å². The quantitative estimate of drug-likeness (QED) is 0.692. The molecule has 0 unspecified atom stereocenters. The summed E-state index contributed by atoms with van der Waals surface area (Å²) in [5.41, 5.74) is 2.08. The Balaban J connectivity index is 1.97. The molecule has 1 heterocycles. The summed E-state index contributed by atoms with van der Waals surface area (Å²) >= 11 is 0. The Labute approximate surface area is 125 Å². The number of aryl methyl sites for hydroxylation is 1. The zero-order chi connectivity index (χ0) is 15.7. The second-order valence-corrected chi connectivity index (χ2v) is 4.93. The lowest BCUT2D eigenvalue weighted by Crippen LogP contribution is -2.15. The van der Waals surface area contributed by atoms with Crippen molar-refractivity contribution in [2.75, 3.05) is 5.32 Å². The number of amides is 1. The standard InChI is InChI=1S/C16H13N3O3/c1-9-6-7-12(11(8-9)16(21)22)17-15(20)14-10-4-2-3-5-13(10)18-19-14/h2-8H,1H3,(H,17,20)(H,18,19)(H,21,22). The van der Waals surface area contributed by atoms with Crippen LogP contribution in [-0.2, 0) is 0 Å². The van der Waals surface area contributed by atoms with Crippen molar-refractivity contribution in [1.29, 1.82) is 0 Å². The highest BCUT2D eigenvalue weighted by Gasteiger charge is 2.17. The van der Waals surface area contributed by atoms with Crippen LogP contribution in [0.4, 0.5) is 5.69 Å². The van der Waals surface area contributed by atoms with Crippen LogP contribution in [0.25, 0.3) is 10.9 Å². The fourth-order valence-corrected chi connectivity index (χ4v) is 2.26.